The fourth-order valence-corrected chi connectivity index (χ4v) is 10.6. The van der Waals surface area contributed by atoms with Crippen LogP contribution >= 0.6 is 58.0 Å². The molecule has 13 rings (SSSR count). The van der Waals surface area contributed by atoms with Gasteiger partial charge in [0.1, 0.15) is 33.9 Å². The van der Waals surface area contributed by atoms with Crippen LogP contribution in [0.4, 0.5) is 57.4 Å². The van der Waals surface area contributed by atoms with E-state index < -0.39 is 0 Å². The summed E-state index contributed by atoms with van der Waals surface area (Å²) in [7, 11) is 0. The molecule has 11 heterocycles. The average Bonchev–Trinajstić information content (AvgIpc) is 0.853. The van der Waals surface area contributed by atoms with Crippen LogP contribution in [0.5, 0.6) is 0 Å². The Bertz CT molecular complexity index is 4200. The van der Waals surface area contributed by atoms with E-state index >= 15 is 0 Å². The third-order valence-corrected chi connectivity index (χ3v) is 15.2. The predicted molar refractivity (Wildman–Crippen MR) is 385 cm³/mol. The van der Waals surface area contributed by atoms with Crippen molar-refractivity contribution in [3.63, 3.8) is 0 Å². The fraction of sp³-hybridized carbons (Fsp3) is 0.179. The van der Waals surface area contributed by atoms with Crippen LogP contribution in [0.25, 0.3) is 34.2 Å². The summed E-state index contributed by atoms with van der Waals surface area (Å²) in [5.74, 6) is 1.68. The molecule has 9 N–H and O–H groups in total. The molecule has 9 aromatic heterocycles. The molecule has 0 saturated carbocycles. The Kier molecular flexibility index (Phi) is 35.8. The number of pyridine rings is 6. The Morgan fingerprint density at radius 2 is 0.910 bits per heavy atom. The molecule has 0 aliphatic carbocycles. The summed E-state index contributed by atoms with van der Waals surface area (Å²) in [6, 6.07) is 44.9. The number of piperazine rings is 2. The molecule has 2 aliphatic heterocycles. The molecule has 2 saturated heterocycles. The number of rotatable bonds is 16. The van der Waals surface area contributed by atoms with Crippen LogP contribution in [-0.2, 0) is 9.68 Å². The number of carbonyl (C=O) groups is 1. The largest absolute Gasteiger partial charge is 1.00 e. The summed E-state index contributed by atoms with van der Waals surface area (Å²) >= 11 is 29.3. The third-order valence-electron chi connectivity index (χ3n) is 14.0. The molecule has 100 heavy (non-hydrogen) atoms. The van der Waals surface area contributed by atoms with Crippen molar-refractivity contribution in [2.75, 3.05) is 116 Å². The number of halogens is 5. The van der Waals surface area contributed by atoms with Gasteiger partial charge in [0.25, 0.3) is 6.47 Å². The number of β-amino-alcohol motifs (C(OH)–C–C–N with tert-alkyl or cyclic N) is 2. The van der Waals surface area contributed by atoms with E-state index in [9.17, 15) is 0 Å². The van der Waals surface area contributed by atoms with E-state index in [-0.39, 0.29) is 90.8 Å². The normalized spacial score (nSPS) is 12.3. The van der Waals surface area contributed by atoms with Crippen molar-refractivity contribution in [1.29, 1.82) is 0 Å². The summed E-state index contributed by atoms with van der Waals surface area (Å²) < 4.78 is 0. The molecule has 0 amide bonds. The first kappa shape index (κ1) is 80.9. The van der Waals surface area contributed by atoms with Gasteiger partial charge in [-0.1, -0.05) is 53.0 Å². The Morgan fingerprint density at radius 1 is 0.470 bits per heavy atom. The van der Waals surface area contributed by atoms with Crippen molar-refractivity contribution in [3.8, 4) is 34.2 Å². The molecule has 0 unspecified atom stereocenters. The van der Waals surface area contributed by atoms with Gasteiger partial charge in [0.15, 0.2) is 0 Å². The third kappa shape index (κ3) is 26.4. The first-order valence-electron chi connectivity index (χ1n) is 30.2. The Labute approximate surface area is 648 Å². The summed E-state index contributed by atoms with van der Waals surface area (Å²) in [4.78, 5) is 70.3. The second-order valence-electron chi connectivity index (χ2n) is 20.6. The maximum absolute atomic E-state index is 9.14. The van der Waals surface area contributed by atoms with Crippen LogP contribution in [0.3, 0.4) is 0 Å². The van der Waals surface area contributed by atoms with Gasteiger partial charge in [-0.3, -0.25) is 44.5 Å². The standard InChI is InChI=1S/C26H27ClN8O.C14H10ClN5.C12H18ClN3O.C10H9N3.C4H2Cl2N2.CH2O3.2Na.H/c27-20-18-19(6-7-23(20)35-14-12-34(13-15-35)16-17-36)31-26-30-11-8-24(33-26)32-22-5-3-10-29-25(22)21-4-1-2-9-28-21;15-14-18-9-6-12(20-14)19-11-5-3-8-17-13(11)10-4-1-2-7-16-10;13-11-9-10(14)1-2-12(11)16-5-3-15(4-6-16)7-8-17;11-8-4-3-7-13-10(8)9-5-1-2-6-12-9;5-3-1-2-7-4(6)8-3;2-1-4-3;;;/h1-11,18,36H,12-17H2,(H2,30,31,32,33);1-9H,(H,18,19,20);1-2,9,17H,3-8,14H2;1-7H,11H2;1-2H;1,3H;;;/q;;;;;;2*+1;-1/p-1. The number of aliphatic hydroxyl groups is 2. The molecular formula is C67H68Cl5N21Na2O5. The molecule has 33 heteroatoms. The first-order chi connectivity index (χ1) is 47.8. The summed E-state index contributed by atoms with van der Waals surface area (Å²) in [5, 5.41) is 38.3. The zero-order valence-electron chi connectivity index (χ0n) is 55.4. The van der Waals surface area contributed by atoms with Gasteiger partial charge in [0.05, 0.1) is 68.8 Å². The maximum Gasteiger partial charge on any atom is 1.00 e. The molecule has 2 aliphatic rings. The monoisotopic (exact) mass is 1470 g/mol. The number of nitrogen functional groups attached to an aromatic ring is 2. The van der Waals surface area contributed by atoms with Gasteiger partial charge < -0.3 is 59.0 Å². The molecule has 0 radical (unpaired) electrons. The second kappa shape index (κ2) is 44.2. The molecule has 508 valence electrons. The zero-order chi connectivity index (χ0) is 69.3. The molecule has 11 aromatic rings. The molecule has 2 fully saturated rings. The van der Waals surface area contributed by atoms with Gasteiger partial charge in [0.2, 0.25) is 16.5 Å². The minimum atomic E-state index is -0.181. The minimum absolute atomic E-state index is 0. The summed E-state index contributed by atoms with van der Waals surface area (Å²) in [6.07, 6.45) is 15.2. The van der Waals surface area contributed by atoms with E-state index in [0.717, 1.165) is 122 Å². The van der Waals surface area contributed by atoms with Crippen LogP contribution in [0, 0.1) is 0 Å². The fourth-order valence-electron chi connectivity index (χ4n) is 9.50. The predicted octanol–water partition coefficient (Wildman–Crippen LogP) is 4.62. The van der Waals surface area contributed by atoms with E-state index in [4.69, 9.17) is 89.7 Å². The van der Waals surface area contributed by atoms with E-state index in [1.165, 1.54) is 6.20 Å². The van der Waals surface area contributed by atoms with Crippen molar-refractivity contribution in [2.45, 2.75) is 0 Å². The molecule has 0 spiro atoms. The topological polar surface area (TPSA) is 346 Å². The molecule has 0 bridgehead atoms. The van der Waals surface area contributed by atoms with E-state index in [1.807, 2.05) is 121 Å². The van der Waals surface area contributed by atoms with Gasteiger partial charge in [-0.25, -0.2) is 24.9 Å². The minimum Gasteiger partial charge on any atom is -1.00 e. The van der Waals surface area contributed by atoms with Gasteiger partial charge in [-0.15, -0.1) is 0 Å². The molecule has 2 aromatic carbocycles. The second-order valence-corrected chi connectivity index (χ2v) is 22.4. The van der Waals surface area contributed by atoms with E-state index in [2.05, 4.69) is 100 Å². The Hall–Kier alpha value is -8.10. The Morgan fingerprint density at radius 3 is 1.34 bits per heavy atom. The number of aromatic nitrogens is 12. The summed E-state index contributed by atoms with van der Waals surface area (Å²) in [5.41, 5.74) is 21.8. The van der Waals surface area contributed by atoms with Gasteiger partial charge >= 0.3 is 59.1 Å². The number of aliphatic hydroxyl groups excluding tert-OH is 2. The number of benzene rings is 2. The zero-order valence-corrected chi connectivity index (χ0v) is 62.2. The number of carbonyl (C=O) groups excluding carboxylic acids is 1. The van der Waals surface area contributed by atoms with Crippen molar-refractivity contribution in [2.24, 2.45) is 0 Å². The van der Waals surface area contributed by atoms with Crippen LogP contribution in [0.15, 0.2) is 201 Å². The van der Waals surface area contributed by atoms with Crippen molar-refractivity contribution in [1.82, 2.24) is 69.6 Å². The van der Waals surface area contributed by atoms with Gasteiger partial charge in [-0.05, 0) is 151 Å². The number of nitrogens with zero attached hydrogens (tertiary/aromatic N) is 16. The van der Waals surface area contributed by atoms with Crippen molar-refractivity contribution >= 4 is 122 Å². The van der Waals surface area contributed by atoms with Crippen LogP contribution in [-0.4, -0.2) is 165 Å². The summed E-state index contributed by atoms with van der Waals surface area (Å²) in [6.45, 7) is 9.04. The first-order valence-corrected chi connectivity index (χ1v) is 32.0. The van der Waals surface area contributed by atoms with Gasteiger partial charge in [-0.2, -0.15) is 4.98 Å². The molecule has 26 nitrogen and oxygen atoms in total. The van der Waals surface area contributed by atoms with Crippen LogP contribution in [0.1, 0.15) is 1.43 Å². The van der Waals surface area contributed by atoms with Gasteiger partial charge in [0, 0.05) is 133 Å². The van der Waals surface area contributed by atoms with Crippen molar-refractivity contribution in [3.05, 3.63) is 227 Å². The maximum atomic E-state index is 9.14. The van der Waals surface area contributed by atoms with E-state index in [1.54, 1.807) is 73.8 Å². The number of hydrogen-bond donors (Lipinski definition) is 7. The van der Waals surface area contributed by atoms with E-state index in [0.29, 0.717) is 50.7 Å². The molecule has 0 atom stereocenters. The number of hydrogen-bond acceptors (Lipinski definition) is 26. The SMILES string of the molecule is Clc1ccnc(Cl)n1.Clc1nccc(Nc2cccnc2-c2ccccn2)n1.Nc1ccc(N2CCN(CCO)CC2)c(Cl)c1.Nc1cccnc1-c1ccccn1.O=CO[O-].OCCN1CCN(c2ccc(Nc3nccc(Nc4cccnc4-c4ccccn4)n3)cc2Cl)CC1.[H-].[Na+].[Na+]. The number of nitrogens with one attached hydrogen (secondary N) is 3. The average molecular weight is 1470 g/mol. The quantitative estimate of drug-likeness (QED) is 0.0132. The van der Waals surface area contributed by atoms with Crippen LogP contribution < -0.4 is 102 Å². The van der Waals surface area contributed by atoms with Crippen LogP contribution in [0.2, 0.25) is 25.8 Å². The Balaban J connectivity index is 0.000000241. The number of nitrogens with two attached hydrogens (primary N) is 2. The van der Waals surface area contributed by atoms with Crippen molar-refractivity contribution < 1.29 is 85.7 Å². The smallest absolute Gasteiger partial charge is 1.00 e. The molecular weight excluding hydrogens is 1400 g/mol. The number of anilines is 10.